The zero-order chi connectivity index (χ0) is 13.5. The van der Waals surface area contributed by atoms with E-state index in [1.165, 1.54) is 21.6 Å². The van der Waals surface area contributed by atoms with Crippen molar-refractivity contribution in [1.82, 2.24) is 0 Å². The third-order valence-corrected chi connectivity index (χ3v) is 3.85. The lowest BCUT2D eigenvalue weighted by atomic mass is 10.1. The van der Waals surface area contributed by atoms with E-state index >= 15 is 0 Å². The van der Waals surface area contributed by atoms with E-state index in [0.29, 0.717) is 0 Å². The molecule has 0 nitrogen and oxygen atoms in total. The van der Waals surface area contributed by atoms with Crippen molar-refractivity contribution in [2.75, 3.05) is 0 Å². The summed E-state index contributed by atoms with van der Waals surface area (Å²) in [7, 11) is 0. The molecule has 18 heavy (non-hydrogen) atoms. The molecular weight excluding hydrogens is 236 g/mol. The molecular formula is C17H20S. The third-order valence-electron chi connectivity index (χ3n) is 2.59. The van der Waals surface area contributed by atoms with E-state index in [-0.39, 0.29) is 0 Å². The summed E-state index contributed by atoms with van der Waals surface area (Å²) in [5, 5.41) is 0. The smallest absolute Gasteiger partial charge is 0.0123 e. The lowest BCUT2D eigenvalue weighted by Gasteiger charge is -2.10. The predicted molar refractivity (Wildman–Crippen MR) is 85.5 cm³/mol. The number of aryl methyl sites for hydroxylation is 1. The lowest BCUT2D eigenvalue weighted by molar-refractivity contribution is 1.46. The van der Waals surface area contributed by atoms with Gasteiger partial charge in [-0.1, -0.05) is 73.0 Å². The van der Waals surface area contributed by atoms with Crippen molar-refractivity contribution in [1.29, 1.82) is 0 Å². The molecule has 1 aromatic carbocycles. The maximum Gasteiger partial charge on any atom is 0.0123 e. The number of rotatable bonds is 5. The first kappa shape index (κ1) is 14.6. The first-order valence-corrected chi connectivity index (χ1v) is 6.80. The fourth-order valence-electron chi connectivity index (χ4n) is 1.64. The average molecular weight is 256 g/mol. The van der Waals surface area contributed by atoms with Crippen LogP contribution in [0.2, 0.25) is 0 Å². The Hall–Kier alpha value is -1.47. The summed E-state index contributed by atoms with van der Waals surface area (Å²) in [6.07, 6.45) is 5.95. The number of allylic oxidation sites excluding steroid dienone is 4. The van der Waals surface area contributed by atoms with Crippen LogP contribution in [-0.4, -0.2) is 0 Å². The molecule has 1 heteroatoms. The second-order valence-corrected chi connectivity index (χ2v) is 5.27. The van der Waals surface area contributed by atoms with Gasteiger partial charge >= 0.3 is 0 Å². The number of hydrogen-bond donors (Lipinski definition) is 0. The summed E-state index contributed by atoms with van der Waals surface area (Å²) in [5.74, 6) is 0. The molecule has 0 spiro atoms. The highest BCUT2D eigenvalue weighted by Crippen LogP contribution is 2.35. The van der Waals surface area contributed by atoms with Gasteiger partial charge in [0.2, 0.25) is 0 Å². The van der Waals surface area contributed by atoms with Gasteiger partial charge in [-0.3, -0.25) is 0 Å². The van der Waals surface area contributed by atoms with Gasteiger partial charge in [0.15, 0.2) is 0 Å². The van der Waals surface area contributed by atoms with Crippen LogP contribution in [0.4, 0.5) is 0 Å². The van der Waals surface area contributed by atoms with Crippen LogP contribution in [0.3, 0.4) is 0 Å². The van der Waals surface area contributed by atoms with E-state index in [2.05, 4.69) is 57.3 Å². The second kappa shape index (κ2) is 7.07. The van der Waals surface area contributed by atoms with Gasteiger partial charge in [-0.15, -0.1) is 0 Å². The van der Waals surface area contributed by atoms with E-state index < -0.39 is 0 Å². The van der Waals surface area contributed by atoms with Gasteiger partial charge < -0.3 is 0 Å². The Balaban J connectivity index is 2.87. The minimum Gasteiger partial charge on any atom is -0.0991 e. The Morgan fingerprint density at radius 3 is 2.61 bits per heavy atom. The molecule has 0 heterocycles. The largest absolute Gasteiger partial charge is 0.0991 e. The molecule has 0 radical (unpaired) electrons. The Labute approximate surface area is 115 Å². The summed E-state index contributed by atoms with van der Waals surface area (Å²) in [6.45, 7) is 14.1. The molecule has 0 aliphatic rings. The predicted octanol–water partition coefficient (Wildman–Crippen LogP) is 5.74. The van der Waals surface area contributed by atoms with Crippen LogP contribution in [0.1, 0.15) is 25.0 Å². The maximum absolute atomic E-state index is 4.17. The first-order valence-electron chi connectivity index (χ1n) is 5.98. The molecule has 0 aliphatic heterocycles. The van der Waals surface area contributed by atoms with Crippen LogP contribution in [0.15, 0.2) is 66.1 Å². The van der Waals surface area contributed by atoms with Gasteiger partial charge in [-0.05, 0) is 31.9 Å². The van der Waals surface area contributed by atoms with E-state index in [9.17, 15) is 0 Å². The Morgan fingerprint density at radius 1 is 1.33 bits per heavy atom. The summed E-state index contributed by atoms with van der Waals surface area (Å²) in [5.41, 5.74) is 3.66. The quantitative estimate of drug-likeness (QED) is 0.606. The van der Waals surface area contributed by atoms with Gasteiger partial charge in [0.25, 0.3) is 0 Å². The zero-order valence-corrected chi connectivity index (χ0v) is 12.2. The molecule has 0 aromatic heterocycles. The number of thioether (sulfide) groups is 1. The molecule has 1 rings (SSSR count). The normalized spacial score (nSPS) is 12.4. The summed E-state index contributed by atoms with van der Waals surface area (Å²) in [4.78, 5) is 2.30. The molecule has 0 saturated heterocycles. The molecule has 0 amide bonds. The van der Waals surface area contributed by atoms with Crippen molar-refractivity contribution in [2.24, 2.45) is 0 Å². The van der Waals surface area contributed by atoms with Gasteiger partial charge in [0, 0.05) is 9.81 Å². The van der Waals surface area contributed by atoms with E-state index in [1.54, 1.807) is 11.8 Å². The molecule has 1 aromatic rings. The maximum atomic E-state index is 4.17. The fraction of sp³-hybridized carbons (Fsp3) is 0.176. The molecule has 94 valence electrons. The molecule has 0 fully saturated rings. The summed E-state index contributed by atoms with van der Waals surface area (Å²) in [6, 6.07) is 8.43. The third kappa shape index (κ3) is 4.08. The highest BCUT2D eigenvalue weighted by Gasteiger charge is 2.05. The average Bonchev–Trinajstić information content (AvgIpc) is 2.35. The Bertz CT molecular complexity index is 504. The van der Waals surface area contributed by atoms with Gasteiger partial charge in [0.1, 0.15) is 0 Å². The van der Waals surface area contributed by atoms with Crippen molar-refractivity contribution in [3.8, 4) is 0 Å². The second-order valence-electron chi connectivity index (χ2n) is 4.13. The number of hydrogen-bond acceptors (Lipinski definition) is 1. The standard InChI is InChI=1S/C17H20S/c1-6-9-14(4)17(7-2)18-15(5)16-11-8-10-13(3)12-16/h6-12H,1,5H2,2-4H3/b14-9-,17-7+. The Kier molecular flexibility index (Phi) is 5.73. The molecule has 0 bridgehead atoms. The highest BCUT2D eigenvalue weighted by atomic mass is 32.2. The SMILES string of the molecule is C=C/C=C(C)\C(=C/C)SC(=C)c1cccc(C)c1. The molecule has 0 atom stereocenters. The van der Waals surface area contributed by atoms with Crippen LogP contribution in [0, 0.1) is 6.92 Å². The highest BCUT2D eigenvalue weighted by molar-refractivity contribution is 8.12. The van der Waals surface area contributed by atoms with Crippen molar-refractivity contribution >= 4 is 16.7 Å². The van der Waals surface area contributed by atoms with Gasteiger partial charge in [-0.25, -0.2) is 0 Å². The van der Waals surface area contributed by atoms with Gasteiger partial charge in [-0.2, -0.15) is 0 Å². The van der Waals surface area contributed by atoms with Crippen molar-refractivity contribution in [2.45, 2.75) is 20.8 Å². The topological polar surface area (TPSA) is 0 Å². The van der Waals surface area contributed by atoms with Crippen LogP contribution in [0.5, 0.6) is 0 Å². The monoisotopic (exact) mass is 256 g/mol. The Morgan fingerprint density at radius 2 is 2.06 bits per heavy atom. The summed E-state index contributed by atoms with van der Waals surface area (Å²) < 4.78 is 0. The first-order chi connectivity index (χ1) is 8.58. The molecule has 0 N–H and O–H groups in total. The van der Waals surface area contributed by atoms with Crippen LogP contribution >= 0.6 is 11.8 Å². The van der Waals surface area contributed by atoms with E-state index in [4.69, 9.17) is 0 Å². The summed E-state index contributed by atoms with van der Waals surface area (Å²) >= 11 is 1.71. The number of benzene rings is 1. The van der Waals surface area contributed by atoms with Crippen LogP contribution in [-0.2, 0) is 0 Å². The van der Waals surface area contributed by atoms with E-state index in [1.807, 2.05) is 19.1 Å². The van der Waals surface area contributed by atoms with Gasteiger partial charge in [0.05, 0.1) is 0 Å². The molecule has 0 aliphatic carbocycles. The fourth-order valence-corrected chi connectivity index (χ4v) is 2.49. The molecule has 0 unspecified atom stereocenters. The zero-order valence-electron chi connectivity index (χ0n) is 11.4. The molecule has 0 saturated carbocycles. The van der Waals surface area contributed by atoms with E-state index in [0.717, 1.165) is 4.91 Å². The lowest BCUT2D eigenvalue weighted by Crippen LogP contribution is -1.84. The van der Waals surface area contributed by atoms with Crippen LogP contribution < -0.4 is 0 Å². The van der Waals surface area contributed by atoms with Crippen molar-refractivity contribution < 1.29 is 0 Å². The minimum atomic E-state index is 1.07. The minimum absolute atomic E-state index is 1.07. The van der Waals surface area contributed by atoms with Crippen LogP contribution in [0.25, 0.3) is 4.91 Å². The van der Waals surface area contributed by atoms with Crippen molar-refractivity contribution in [3.63, 3.8) is 0 Å². The van der Waals surface area contributed by atoms with Crippen molar-refractivity contribution in [3.05, 3.63) is 77.3 Å².